The SMILES string of the molecule is CCCCNC(=NC)NCC(c1cccc(F)c1)N1CCOCC1. The molecule has 24 heavy (non-hydrogen) atoms. The smallest absolute Gasteiger partial charge is 0.191 e. The fraction of sp³-hybridized carbons (Fsp3) is 0.611. The average Bonchev–Trinajstić information content (AvgIpc) is 2.61. The molecule has 2 N–H and O–H groups in total. The van der Waals surface area contributed by atoms with Crippen LogP contribution in [-0.2, 0) is 4.74 Å². The van der Waals surface area contributed by atoms with E-state index in [0.29, 0.717) is 6.54 Å². The number of morpholine rings is 1. The molecule has 0 amide bonds. The highest BCUT2D eigenvalue weighted by molar-refractivity contribution is 5.79. The van der Waals surface area contributed by atoms with Crippen molar-refractivity contribution in [2.75, 3.05) is 46.4 Å². The number of nitrogens with zero attached hydrogens (tertiary/aromatic N) is 2. The molecule has 6 heteroatoms. The lowest BCUT2D eigenvalue weighted by Gasteiger charge is -2.35. The summed E-state index contributed by atoms with van der Waals surface area (Å²) in [5, 5.41) is 6.69. The predicted molar refractivity (Wildman–Crippen MR) is 95.8 cm³/mol. The van der Waals surface area contributed by atoms with Gasteiger partial charge < -0.3 is 15.4 Å². The van der Waals surface area contributed by atoms with Crippen molar-refractivity contribution in [1.29, 1.82) is 0 Å². The number of hydrogen-bond donors (Lipinski definition) is 2. The van der Waals surface area contributed by atoms with Crippen molar-refractivity contribution in [1.82, 2.24) is 15.5 Å². The van der Waals surface area contributed by atoms with Crippen molar-refractivity contribution in [2.24, 2.45) is 4.99 Å². The highest BCUT2D eigenvalue weighted by atomic mass is 19.1. The van der Waals surface area contributed by atoms with Crippen LogP contribution >= 0.6 is 0 Å². The molecule has 134 valence electrons. The molecule has 0 saturated carbocycles. The lowest BCUT2D eigenvalue weighted by atomic mass is 10.0. The van der Waals surface area contributed by atoms with Crippen molar-refractivity contribution in [3.63, 3.8) is 0 Å². The molecule has 1 aliphatic heterocycles. The van der Waals surface area contributed by atoms with Gasteiger partial charge in [-0.15, -0.1) is 0 Å². The number of rotatable bonds is 7. The maximum atomic E-state index is 13.7. The number of halogens is 1. The van der Waals surface area contributed by atoms with Crippen LogP contribution in [0.15, 0.2) is 29.3 Å². The van der Waals surface area contributed by atoms with E-state index in [-0.39, 0.29) is 11.9 Å². The second-order valence-electron chi connectivity index (χ2n) is 5.95. The molecule has 1 unspecified atom stereocenters. The maximum Gasteiger partial charge on any atom is 0.191 e. The van der Waals surface area contributed by atoms with E-state index in [9.17, 15) is 4.39 Å². The number of unbranched alkanes of at least 4 members (excludes halogenated alkanes) is 1. The minimum absolute atomic E-state index is 0.0920. The van der Waals surface area contributed by atoms with Gasteiger partial charge in [-0.3, -0.25) is 9.89 Å². The Morgan fingerprint density at radius 1 is 1.33 bits per heavy atom. The molecule has 0 radical (unpaired) electrons. The van der Waals surface area contributed by atoms with E-state index in [1.54, 1.807) is 19.2 Å². The maximum absolute atomic E-state index is 13.7. The highest BCUT2D eigenvalue weighted by Crippen LogP contribution is 2.22. The summed E-state index contributed by atoms with van der Waals surface area (Å²) in [6.07, 6.45) is 2.25. The third-order valence-electron chi connectivity index (χ3n) is 4.23. The van der Waals surface area contributed by atoms with Crippen molar-refractivity contribution in [3.8, 4) is 0 Å². The lowest BCUT2D eigenvalue weighted by molar-refractivity contribution is 0.0169. The van der Waals surface area contributed by atoms with Crippen LogP contribution < -0.4 is 10.6 Å². The van der Waals surface area contributed by atoms with E-state index in [2.05, 4.69) is 27.4 Å². The van der Waals surface area contributed by atoms with E-state index in [4.69, 9.17) is 4.74 Å². The van der Waals surface area contributed by atoms with Gasteiger partial charge in [0.25, 0.3) is 0 Å². The second kappa shape index (κ2) is 10.3. The summed E-state index contributed by atoms with van der Waals surface area (Å²) in [5.41, 5.74) is 0.980. The standard InChI is InChI=1S/C18H29FN4O/c1-3-4-8-21-18(20-2)22-14-17(23-9-11-24-12-10-23)15-6-5-7-16(19)13-15/h5-7,13,17H,3-4,8-12,14H2,1-2H3,(H2,20,21,22). The molecule has 0 spiro atoms. The summed E-state index contributed by atoms with van der Waals surface area (Å²) in [6.45, 7) is 6.88. The van der Waals surface area contributed by atoms with E-state index in [1.807, 2.05) is 6.07 Å². The van der Waals surface area contributed by atoms with Crippen molar-refractivity contribution in [3.05, 3.63) is 35.6 Å². The van der Waals surface area contributed by atoms with Crippen LogP contribution in [0.5, 0.6) is 0 Å². The van der Waals surface area contributed by atoms with Crippen molar-refractivity contribution < 1.29 is 9.13 Å². The quantitative estimate of drug-likeness (QED) is 0.455. The fourth-order valence-electron chi connectivity index (χ4n) is 2.86. The number of guanidine groups is 1. The van der Waals surface area contributed by atoms with Gasteiger partial charge in [-0.05, 0) is 24.1 Å². The Morgan fingerprint density at radius 2 is 2.12 bits per heavy atom. The molecular weight excluding hydrogens is 307 g/mol. The minimum atomic E-state index is -0.198. The summed E-state index contributed by atoms with van der Waals surface area (Å²) >= 11 is 0. The first-order valence-corrected chi connectivity index (χ1v) is 8.76. The van der Waals surface area contributed by atoms with Gasteiger partial charge >= 0.3 is 0 Å². The molecule has 1 heterocycles. The van der Waals surface area contributed by atoms with Crippen LogP contribution in [0.3, 0.4) is 0 Å². The van der Waals surface area contributed by atoms with Crippen molar-refractivity contribution >= 4 is 5.96 Å². The lowest BCUT2D eigenvalue weighted by Crippen LogP contribution is -2.46. The fourth-order valence-corrected chi connectivity index (χ4v) is 2.86. The first kappa shape index (κ1) is 18.7. The number of ether oxygens (including phenoxy) is 1. The third-order valence-corrected chi connectivity index (χ3v) is 4.23. The van der Waals surface area contributed by atoms with Gasteiger partial charge in [0, 0.05) is 33.2 Å². The van der Waals surface area contributed by atoms with E-state index >= 15 is 0 Å². The van der Waals surface area contributed by atoms with E-state index in [0.717, 1.165) is 57.2 Å². The van der Waals surface area contributed by atoms with E-state index < -0.39 is 0 Å². The molecule has 1 aromatic rings. The molecule has 1 atom stereocenters. The average molecular weight is 336 g/mol. The van der Waals surface area contributed by atoms with Crippen LogP contribution in [0.2, 0.25) is 0 Å². The molecule has 1 saturated heterocycles. The van der Waals surface area contributed by atoms with Gasteiger partial charge in [0.05, 0.1) is 19.3 Å². The minimum Gasteiger partial charge on any atom is -0.379 e. The summed E-state index contributed by atoms with van der Waals surface area (Å²) in [7, 11) is 1.77. The Labute approximate surface area is 144 Å². The van der Waals surface area contributed by atoms with Crippen LogP contribution in [0, 0.1) is 5.82 Å². The molecule has 0 aliphatic carbocycles. The highest BCUT2D eigenvalue weighted by Gasteiger charge is 2.23. The van der Waals surface area contributed by atoms with Gasteiger partial charge in [0.2, 0.25) is 0 Å². The number of hydrogen-bond acceptors (Lipinski definition) is 3. The van der Waals surface area contributed by atoms with Gasteiger partial charge in [0.1, 0.15) is 5.82 Å². The Bertz CT molecular complexity index is 517. The molecular formula is C18H29FN4O. The monoisotopic (exact) mass is 336 g/mol. The Morgan fingerprint density at radius 3 is 2.79 bits per heavy atom. The molecule has 1 fully saturated rings. The second-order valence-corrected chi connectivity index (χ2v) is 5.95. The van der Waals surface area contributed by atoms with Gasteiger partial charge in [-0.1, -0.05) is 25.5 Å². The van der Waals surface area contributed by atoms with Crippen LogP contribution in [-0.4, -0.2) is 57.3 Å². The largest absolute Gasteiger partial charge is 0.379 e. The normalized spacial score (nSPS) is 17.5. The Hall–Kier alpha value is -1.66. The molecule has 0 aromatic heterocycles. The summed E-state index contributed by atoms with van der Waals surface area (Å²) in [6, 6.07) is 6.95. The summed E-state index contributed by atoms with van der Waals surface area (Å²) in [4.78, 5) is 6.60. The zero-order chi connectivity index (χ0) is 17.2. The van der Waals surface area contributed by atoms with Gasteiger partial charge in [-0.2, -0.15) is 0 Å². The molecule has 1 aromatic carbocycles. The number of aliphatic imine (C=N–C) groups is 1. The third kappa shape index (κ3) is 5.76. The summed E-state index contributed by atoms with van der Waals surface area (Å²) < 4.78 is 19.1. The zero-order valence-corrected chi connectivity index (χ0v) is 14.7. The molecule has 5 nitrogen and oxygen atoms in total. The summed E-state index contributed by atoms with van der Waals surface area (Å²) in [5.74, 6) is 0.592. The first-order valence-electron chi connectivity index (χ1n) is 8.76. The number of nitrogens with one attached hydrogen (secondary N) is 2. The first-order chi connectivity index (χ1) is 11.7. The van der Waals surface area contributed by atoms with Crippen LogP contribution in [0.1, 0.15) is 31.4 Å². The van der Waals surface area contributed by atoms with Crippen LogP contribution in [0.25, 0.3) is 0 Å². The van der Waals surface area contributed by atoms with Gasteiger partial charge in [-0.25, -0.2) is 4.39 Å². The Kier molecular flexibility index (Phi) is 7.98. The Balaban J connectivity index is 2.02. The van der Waals surface area contributed by atoms with Gasteiger partial charge in [0.15, 0.2) is 5.96 Å². The van der Waals surface area contributed by atoms with Crippen molar-refractivity contribution in [2.45, 2.75) is 25.8 Å². The number of benzene rings is 1. The zero-order valence-electron chi connectivity index (χ0n) is 14.7. The topological polar surface area (TPSA) is 48.9 Å². The van der Waals surface area contributed by atoms with E-state index in [1.165, 1.54) is 6.07 Å². The predicted octanol–water partition coefficient (Wildman–Crippen LogP) is 2.16. The molecule has 2 rings (SSSR count). The molecule has 0 bridgehead atoms. The molecule has 1 aliphatic rings. The van der Waals surface area contributed by atoms with Crippen LogP contribution in [0.4, 0.5) is 4.39 Å².